The summed E-state index contributed by atoms with van der Waals surface area (Å²) in [5, 5.41) is 9.92. The standard InChI is InChI=1S/C25H28N6O/c1-2-18-3-7-26-20(13-18)16-23-28-21(14-19-4-9-31-12-8-27-24(31)15-19)17-25(29-23)30-10-5-22(32)6-11-30/h3-4,7-9,12-13,15,17,22,32H,2,5-6,10-11,14,16H2,1H3. The van der Waals surface area contributed by atoms with Crippen molar-refractivity contribution in [1.29, 1.82) is 0 Å². The van der Waals surface area contributed by atoms with E-state index in [-0.39, 0.29) is 6.10 Å². The fourth-order valence-electron chi connectivity index (χ4n) is 4.24. The highest BCUT2D eigenvalue weighted by atomic mass is 16.3. The average Bonchev–Trinajstić information content (AvgIpc) is 3.27. The van der Waals surface area contributed by atoms with Gasteiger partial charge in [-0.15, -0.1) is 0 Å². The number of aliphatic hydroxyl groups is 1. The molecule has 0 saturated carbocycles. The van der Waals surface area contributed by atoms with Crippen LogP contribution in [0.25, 0.3) is 5.65 Å². The molecule has 164 valence electrons. The molecule has 4 aromatic heterocycles. The number of piperidine rings is 1. The van der Waals surface area contributed by atoms with Gasteiger partial charge in [-0.2, -0.15) is 0 Å². The van der Waals surface area contributed by atoms with Crippen LogP contribution in [0.1, 0.15) is 48.1 Å². The Kier molecular flexibility index (Phi) is 5.81. The topological polar surface area (TPSA) is 79.4 Å². The van der Waals surface area contributed by atoms with Crippen molar-refractivity contribution in [2.75, 3.05) is 18.0 Å². The highest BCUT2D eigenvalue weighted by Crippen LogP contribution is 2.21. The number of hydrogen-bond donors (Lipinski definition) is 1. The molecule has 5 rings (SSSR count). The summed E-state index contributed by atoms with van der Waals surface area (Å²) < 4.78 is 2.01. The van der Waals surface area contributed by atoms with Gasteiger partial charge in [-0.3, -0.25) is 4.98 Å². The molecule has 0 spiro atoms. The molecule has 0 amide bonds. The number of anilines is 1. The van der Waals surface area contributed by atoms with E-state index < -0.39 is 0 Å². The lowest BCUT2D eigenvalue weighted by Crippen LogP contribution is -2.36. The molecular weight excluding hydrogens is 400 g/mol. The quantitative estimate of drug-likeness (QED) is 0.508. The van der Waals surface area contributed by atoms with E-state index in [9.17, 15) is 5.11 Å². The summed E-state index contributed by atoms with van der Waals surface area (Å²) in [5.41, 5.74) is 5.34. The number of aliphatic hydroxyl groups excluding tert-OH is 1. The lowest BCUT2D eigenvalue weighted by Gasteiger charge is -2.31. The Balaban J connectivity index is 1.46. The van der Waals surface area contributed by atoms with E-state index in [1.54, 1.807) is 0 Å². The zero-order valence-electron chi connectivity index (χ0n) is 18.4. The Morgan fingerprint density at radius 3 is 2.62 bits per heavy atom. The number of imidazole rings is 1. The van der Waals surface area contributed by atoms with Crippen LogP contribution in [0.4, 0.5) is 5.82 Å². The smallest absolute Gasteiger partial charge is 0.136 e. The van der Waals surface area contributed by atoms with Crippen LogP contribution in [-0.2, 0) is 19.3 Å². The van der Waals surface area contributed by atoms with Crippen LogP contribution < -0.4 is 4.90 Å². The van der Waals surface area contributed by atoms with Crippen molar-refractivity contribution in [2.45, 2.75) is 45.1 Å². The molecule has 1 aliphatic heterocycles. The van der Waals surface area contributed by atoms with E-state index >= 15 is 0 Å². The predicted molar refractivity (Wildman–Crippen MR) is 124 cm³/mol. The van der Waals surface area contributed by atoms with E-state index in [2.05, 4.69) is 52.1 Å². The van der Waals surface area contributed by atoms with E-state index in [1.807, 2.05) is 29.2 Å². The molecule has 0 aromatic carbocycles. The number of fused-ring (bicyclic) bond motifs is 1. The molecule has 7 heteroatoms. The first kappa shape index (κ1) is 20.6. The lowest BCUT2D eigenvalue weighted by atomic mass is 10.1. The van der Waals surface area contributed by atoms with E-state index in [0.29, 0.717) is 12.8 Å². The van der Waals surface area contributed by atoms with Gasteiger partial charge in [0.05, 0.1) is 18.2 Å². The van der Waals surface area contributed by atoms with Crippen LogP contribution in [0.15, 0.2) is 55.1 Å². The van der Waals surface area contributed by atoms with Crippen LogP contribution in [0.5, 0.6) is 0 Å². The Morgan fingerprint density at radius 1 is 0.906 bits per heavy atom. The molecule has 0 radical (unpaired) electrons. The van der Waals surface area contributed by atoms with Crippen molar-refractivity contribution < 1.29 is 5.11 Å². The van der Waals surface area contributed by atoms with E-state index in [4.69, 9.17) is 9.97 Å². The molecule has 5 heterocycles. The van der Waals surface area contributed by atoms with Crippen molar-refractivity contribution in [1.82, 2.24) is 24.3 Å². The summed E-state index contributed by atoms with van der Waals surface area (Å²) in [6.07, 6.45) is 11.3. The fraction of sp³-hybridized carbons (Fsp3) is 0.360. The third-order valence-electron chi connectivity index (χ3n) is 6.08. The second-order valence-electron chi connectivity index (χ2n) is 8.44. The first-order valence-electron chi connectivity index (χ1n) is 11.3. The Morgan fingerprint density at radius 2 is 1.78 bits per heavy atom. The van der Waals surface area contributed by atoms with Gasteiger partial charge in [0.25, 0.3) is 0 Å². The number of rotatable bonds is 6. The Hall–Kier alpha value is -3.32. The van der Waals surface area contributed by atoms with Gasteiger partial charge in [-0.1, -0.05) is 6.92 Å². The third-order valence-corrected chi connectivity index (χ3v) is 6.08. The van der Waals surface area contributed by atoms with Gasteiger partial charge < -0.3 is 14.4 Å². The van der Waals surface area contributed by atoms with Crippen LogP contribution in [0.2, 0.25) is 0 Å². The minimum Gasteiger partial charge on any atom is -0.393 e. The minimum absolute atomic E-state index is 0.214. The van der Waals surface area contributed by atoms with Gasteiger partial charge in [-0.05, 0) is 54.7 Å². The van der Waals surface area contributed by atoms with Gasteiger partial charge >= 0.3 is 0 Å². The van der Waals surface area contributed by atoms with Crippen molar-refractivity contribution in [3.63, 3.8) is 0 Å². The van der Waals surface area contributed by atoms with Crippen molar-refractivity contribution >= 4 is 11.5 Å². The maximum Gasteiger partial charge on any atom is 0.136 e. The van der Waals surface area contributed by atoms with Crippen LogP contribution >= 0.6 is 0 Å². The summed E-state index contributed by atoms with van der Waals surface area (Å²) in [6, 6.07) is 10.5. The Bertz CT molecular complexity index is 1210. The molecule has 0 bridgehead atoms. The fourth-order valence-corrected chi connectivity index (χ4v) is 4.24. The van der Waals surface area contributed by atoms with Gasteiger partial charge in [0.2, 0.25) is 0 Å². The summed E-state index contributed by atoms with van der Waals surface area (Å²) in [7, 11) is 0. The van der Waals surface area contributed by atoms with E-state index in [1.165, 1.54) is 11.1 Å². The number of hydrogen-bond acceptors (Lipinski definition) is 6. The highest BCUT2D eigenvalue weighted by Gasteiger charge is 2.20. The molecule has 0 atom stereocenters. The minimum atomic E-state index is -0.214. The molecule has 0 aliphatic carbocycles. The summed E-state index contributed by atoms with van der Waals surface area (Å²) in [6.45, 7) is 3.76. The largest absolute Gasteiger partial charge is 0.393 e. The van der Waals surface area contributed by atoms with Gasteiger partial charge in [0.1, 0.15) is 17.3 Å². The normalized spacial score (nSPS) is 14.9. The van der Waals surface area contributed by atoms with Crippen LogP contribution in [-0.4, -0.2) is 48.6 Å². The summed E-state index contributed by atoms with van der Waals surface area (Å²) in [4.78, 5) is 21.0. The molecule has 1 aliphatic rings. The zero-order valence-corrected chi connectivity index (χ0v) is 18.4. The highest BCUT2D eigenvalue weighted by molar-refractivity contribution is 5.45. The Labute approximate surface area is 187 Å². The first-order chi connectivity index (χ1) is 15.7. The molecule has 1 saturated heterocycles. The molecule has 4 aromatic rings. The maximum atomic E-state index is 9.92. The van der Waals surface area contributed by atoms with Crippen molar-refractivity contribution in [3.05, 3.63) is 83.5 Å². The number of aryl methyl sites for hydroxylation is 1. The number of pyridine rings is 2. The van der Waals surface area contributed by atoms with Crippen LogP contribution in [0, 0.1) is 0 Å². The molecular formula is C25H28N6O. The second-order valence-corrected chi connectivity index (χ2v) is 8.44. The monoisotopic (exact) mass is 428 g/mol. The number of nitrogens with zero attached hydrogens (tertiary/aromatic N) is 6. The predicted octanol–water partition coefficient (Wildman–Crippen LogP) is 3.22. The van der Waals surface area contributed by atoms with E-state index in [0.717, 1.165) is 61.0 Å². The summed E-state index contributed by atoms with van der Waals surface area (Å²) in [5.74, 6) is 1.72. The molecule has 7 nitrogen and oxygen atoms in total. The van der Waals surface area contributed by atoms with Crippen LogP contribution in [0.3, 0.4) is 0 Å². The SMILES string of the molecule is CCc1ccnc(Cc2nc(Cc3ccn4ccnc4c3)cc(N3CCC(O)CC3)n2)c1. The molecule has 1 N–H and O–H groups in total. The number of aromatic nitrogens is 5. The zero-order chi connectivity index (χ0) is 21.9. The first-order valence-corrected chi connectivity index (χ1v) is 11.3. The molecule has 1 fully saturated rings. The maximum absolute atomic E-state index is 9.92. The second kappa shape index (κ2) is 9.04. The third kappa shape index (κ3) is 4.62. The average molecular weight is 429 g/mol. The van der Waals surface area contributed by atoms with Gasteiger partial charge in [0, 0.05) is 56.1 Å². The van der Waals surface area contributed by atoms with Gasteiger partial charge in [0.15, 0.2) is 0 Å². The molecule has 0 unspecified atom stereocenters. The molecule has 32 heavy (non-hydrogen) atoms. The van der Waals surface area contributed by atoms with Gasteiger partial charge in [-0.25, -0.2) is 15.0 Å². The lowest BCUT2D eigenvalue weighted by molar-refractivity contribution is 0.145. The van der Waals surface area contributed by atoms with Crippen molar-refractivity contribution in [2.24, 2.45) is 0 Å². The summed E-state index contributed by atoms with van der Waals surface area (Å²) >= 11 is 0. The van der Waals surface area contributed by atoms with Crippen molar-refractivity contribution in [3.8, 4) is 0 Å².